The van der Waals surface area contributed by atoms with Crippen LogP contribution in [0.4, 0.5) is 11.6 Å². The Morgan fingerprint density at radius 2 is 1.70 bits per heavy atom. The van der Waals surface area contributed by atoms with E-state index in [1.165, 1.54) is 5.69 Å². The van der Waals surface area contributed by atoms with E-state index in [1.54, 1.807) is 14.0 Å². The molecule has 0 amide bonds. The van der Waals surface area contributed by atoms with Crippen molar-refractivity contribution in [2.45, 2.75) is 20.8 Å². The first-order chi connectivity index (χ1) is 14.5. The second-order valence-electron chi connectivity index (χ2n) is 7.27. The van der Waals surface area contributed by atoms with E-state index < -0.39 is 0 Å². The number of aromatic nitrogens is 2. The van der Waals surface area contributed by atoms with Gasteiger partial charge in [0.2, 0.25) is 5.95 Å². The van der Waals surface area contributed by atoms with Crippen molar-refractivity contribution < 1.29 is 14.3 Å². The monoisotopic (exact) mass is 413 g/mol. The molecule has 1 aromatic carbocycles. The molecule has 0 saturated carbocycles. The number of hydrogen-bond donors (Lipinski definition) is 1. The Bertz CT molecular complexity index is 825. The maximum atomic E-state index is 12.0. The zero-order valence-corrected chi connectivity index (χ0v) is 18.3. The van der Waals surface area contributed by atoms with Gasteiger partial charge in [0.15, 0.2) is 0 Å². The molecule has 1 saturated heterocycles. The fraction of sp³-hybridized carbons (Fsp3) is 0.500. The number of piperazine rings is 1. The summed E-state index contributed by atoms with van der Waals surface area (Å²) >= 11 is 0. The third-order valence-corrected chi connectivity index (χ3v) is 5.27. The molecule has 1 aliphatic heterocycles. The average Bonchev–Trinajstić information content (AvgIpc) is 2.74. The highest BCUT2D eigenvalue weighted by Crippen LogP contribution is 2.20. The first kappa shape index (κ1) is 21.8. The maximum absolute atomic E-state index is 12.0. The van der Waals surface area contributed by atoms with Gasteiger partial charge in [0.1, 0.15) is 11.3 Å². The number of methoxy groups -OCH3 is 1. The fourth-order valence-corrected chi connectivity index (χ4v) is 3.64. The average molecular weight is 414 g/mol. The van der Waals surface area contributed by atoms with Gasteiger partial charge in [-0.2, -0.15) is 0 Å². The van der Waals surface area contributed by atoms with Crippen molar-refractivity contribution in [3.63, 3.8) is 0 Å². The van der Waals surface area contributed by atoms with Gasteiger partial charge in [0.25, 0.3) is 0 Å². The summed E-state index contributed by atoms with van der Waals surface area (Å²) in [5.41, 5.74) is 2.96. The third kappa shape index (κ3) is 5.38. The van der Waals surface area contributed by atoms with Crippen molar-refractivity contribution in [3.05, 3.63) is 41.2 Å². The summed E-state index contributed by atoms with van der Waals surface area (Å²) in [7, 11) is 1.68. The minimum Gasteiger partial charge on any atom is -0.497 e. The summed E-state index contributed by atoms with van der Waals surface area (Å²) in [5, 5.41) is 3.28. The number of carbonyl (C=O) groups is 1. The van der Waals surface area contributed by atoms with E-state index in [0.29, 0.717) is 29.5 Å². The molecule has 8 heteroatoms. The van der Waals surface area contributed by atoms with Gasteiger partial charge in [0.05, 0.1) is 25.1 Å². The number of carbonyl (C=O) groups excluding carboxylic acids is 1. The molecule has 0 bridgehead atoms. The second kappa shape index (κ2) is 10.2. The van der Waals surface area contributed by atoms with Crippen molar-refractivity contribution in [1.29, 1.82) is 0 Å². The number of rotatable bonds is 8. The van der Waals surface area contributed by atoms with E-state index in [4.69, 9.17) is 9.47 Å². The van der Waals surface area contributed by atoms with Gasteiger partial charge in [0, 0.05) is 45.0 Å². The lowest BCUT2D eigenvalue weighted by Gasteiger charge is -2.36. The lowest BCUT2D eigenvalue weighted by atomic mass is 10.2. The van der Waals surface area contributed by atoms with Crippen LogP contribution < -0.4 is 15.0 Å². The van der Waals surface area contributed by atoms with E-state index >= 15 is 0 Å². The summed E-state index contributed by atoms with van der Waals surface area (Å²) in [4.78, 5) is 25.7. The molecule has 2 heterocycles. The number of esters is 1. The zero-order chi connectivity index (χ0) is 21.5. The summed E-state index contributed by atoms with van der Waals surface area (Å²) in [6, 6.07) is 8.22. The number of nitrogens with one attached hydrogen (secondary N) is 1. The van der Waals surface area contributed by atoms with Crippen LogP contribution in [0.1, 0.15) is 28.7 Å². The van der Waals surface area contributed by atoms with Crippen LogP contribution in [0.2, 0.25) is 0 Å². The maximum Gasteiger partial charge on any atom is 0.341 e. The molecule has 0 atom stereocenters. The van der Waals surface area contributed by atoms with Gasteiger partial charge >= 0.3 is 5.97 Å². The molecule has 1 fully saturated rings. The molecular weight excluding hydrogens is 382 g/mol. The Morgan fingerprint density at radius 3 is 2.27 bits per heavy atom. The molecule has 0 spiro atoms. The Kier molecular flexibility index (Phi) is 7.46. The Hall–Kier alpha value is -2.87. The summed E-state index contributed by atoms with van der Waals surface area (Å²) in [6.45, 7) is 11.4. The van der Waals surface area contributed by atoms with Crippen LogP contribution >= 0.6 is 0 Å². The SMILES string of the molecule is CCOC(=O)c1c(C)nc(NCCN2CCN(c3ccc(OC)cc3)CC2)nc1C. The van der Waals surface area contributed by atoms with Gasteiger partial charge in [-0.3, -0.25) is 4.90 Å². The molecule has 1 aliphatic rings. The van der Waals surface area contributed by atoms with Crippen LogP contribution in [0.3, 0.4) is 0 Å². The van der Waals surface area contributed by atoms with E-state index in [-0.39, 0.29) is 5.97 Å². The largest absolute Gasteiger partial charge is 0.497 e. The van der Waals surface area contributed by atoms with Crippen molar-refractivity contribution >= 4 is 17.6 Å². The predicted octanol–water partition coefficient (Wildman–Crippen LogP) is 2.51. The van der Waals surface area contributed by atoms with Crippen molar-refractivity contribution in [2.75, 3.05) is 63.2 Å². The van der Waals surface area contributed by atoms with Gasteiger partial charge in [-0.1, -0.05) is 0 Å². The van der Waals surface area contributed by atoms with E-state index in [0.717, 1.165) is 45.0 Å². The highest BCUT2D eigenvalue weighted by Gasteiger charge is 2.19. The first-order valence-electron chi connectivity index (χ1n) is 10.4. The highest BCUT2D eigenvalue weighted by atomic mass is 16.5. The topological polar surface area (TPSA) is 79.8 Å². The molecule has 1 N–H and O–H groups in total. The Morgan fingerprint density at radius 1 is 1.07 bits per heavy atom. The van der Waals surface area contributed by atoms with Crippen LogP contribution in [-0.2, 0) is 4.74 Å². The standard InChI is InChI=1S/C22H31N5O3/c1-5-30-21(28)20-16(2)24-22(25-17(20)3)23-10-11-26-12-14-27(15-13-26)18-6-8-19(29-4)9-7-18/h6-9H,5,10-15H2,1-4H3,(H,23,24,25). The van der Waals surface area contributed by atoms with Crippen LogP contribution in [0.5, 0.6) is 5.75 Å². The predicted molar refractivity (Wildman–Crippen MR) is 118 cm³/mol. The summed E-state index contributed by atoms with van der Waals surface area (Å²) < 4.78 is 10.3. The van der Waals surface area contributed by atoms with Gasteiger partial charge in [-0.25, -0.2) is 14.8 Å². The van der Waals surface area contributed by atoms with Crippen molar-refractivity contribution in [1.82, 2.24) is 14.9 Å². The van der Waals surface area contributed by atoms with Crippen LogP contribution in [0, 0.1) is 13.8 Å². The molecule has 30 heavy (non-hydrogen) atoms. The molecule has 0 aliphatic carbocycles. The Balaban J connectivity index is 1.46. The second-order valence-corrected chi connectivity index (χ2v) is 7.27. The fourth-order valence-electron chi connectivity index (χ4n) is 3.64. The summed E-state index contributed by atoms with van der Waals surface area (Å²) in [5.74, 6) is 1.06. The number of aryl methyl sites for hydroxylation is 2. The molecule has 3 rings (SSSR count). The normalized spacial score (nSPS) is 14.5. The van der Waals surface area contributed by atoms with Crippen LogP contribution in [0.25, 0.3) is 0 Å². The minimum atomic E-state index is -0.367. The molecule has 1 aromatic heterocycles. The molecule has 162 valence electrons. The number of anilines is 2. The van der Waals surface area contributed by atoms with Gasteiger partial charge < -0.3 is 19.7 Å². The number of nitrogens with zero attached hydrogens (tertiary/aromatic N) is 4. The quantitative estimate of drug-likeness (QED) is 0.662. The summed E-state index contributed by atoms with van der Waals surface area (Å²) in [6.07, 6.45) is 0. The first-order valence-corrected chi connectivity index (χ1v) is 10.4. The number of benzene rings is 1. The molecule has 8 nitrogen and oxygen atoms in total. The van der Waals surface area contributed by atoms with Crippen LogP contribution in [-0.4, -0.2) is 73.8 Å². The lowest BCUT2D eigenvalue weighted by Crippen LogP contribution is -2.47. The third-order valence-electron chi connectivity index (χ3n) is 5.27. The van der Waals surface area contributed by atoms with E-state index in [2.05, 4.69) is 37.2 Å². The number of ether oxygens (including phenoxy) is 2. The van der Waals surface area contributed by atoms with Gasteiger partial charge in [-0.05, 0) is 45.0 Å². The molecular formula is C22H31N5O3. The molecule has 0 radical (unpaired) electrons. The van der Waals surface area contributed by atoms with Crippen LogP contribution in [0.15, 0.2) is 24.3 Å². The zero-order valence-electron chi connectivity index (χ0n) is 18.3. The smallest absolute Gasteiger partial charge is 0.341 e. The van der Waals surface area contributed by atoms with E-state index in [9.17, 15) is 4.79 Å². The number of hydrogen-bond acceptors (Lipinski definition) is 8. The Labute approximate surface area is 178 Å². The van der Waals surface area contributed by atoms with Crippen molar-refractivity contribution in [2.24, 2.45) is 0 Å². The lowest BCUT2D eigenvalue weighted by molar-refractivity contribution is 0.0523. The molecule has 2 aromatic rings. The van der Waals surface area contributed by atoms with Gasteiger partial charge in [-0.15, -0.1) is 0 Å². The minimum absolute atomic E-state index is 0.337. The van der Waals surface area contributed by atoms with E-state index in [1.807, 2.05) is 26.0 Å². The van der Waals surface area contributed by atoms with Crippen molar-refractivity contribution in [3.8, 4) is 5.75 Å². The molecule has 0 unspecified atom stereocenters. The highest BCUT2D eigenvalue weighted by molar-refractivity contribution is 5.91.